The van der Waals surface area contributed by atoms with Gasteiger partial charge < -0.3 is 47.7 Å². The molecule has 0 aliphatic rings. The van der Waals surface area contributed by atoms with E-state index >= 15 is 0 Å². The van der Waals surface area contributed by atoms with Crippen molar-refractivity contribution in [3.05, 3.63) is 18.2 Å². The molecule has 1 rings (SSSR count). The fourth-order valence-electron chi connectivity index (χ4n) is 3.14. The summed E-state index contributed by atoms with van der Waals surface area (Å²) in [5, 5.41) is 33.9. The first-order valence-electron chi connectivity index (χ1n) is 11.4. The number of hydrogen-bond donors (Lipinski definition) is 9. The molecule has 0 aromatic carbocycles. The molecule has 17 heteroatoms. The van der Waals surface area contributed by atoms with Crippen molar-refractivity contribution in [2.45, 2.75) is 69.1 Å². The molecule has 0 aliphatic carbocycles. The third kappa shape index (κ3) is 11.9. The van der Waals surface area contributed by atoms with E-state index < -0.39 is 91.4 Å². The molecule has 0 aliphatic heterocycles. The third-order valence-electron chi connectivity index (χ3n) is 5.19. The first-order valence-corrected chi connectivity index (χ1v) is 11.4. The summed E-state index contributed by atoms with van der Waals surface area (Å²) in [4.78, 5) is 89.2. The normalized spacial score (nSPS) is 13.8. The van der Waals surface area contributed by atoms with Crippen LogP contribution in [-0.2, 0) is 40.0 Å². The number of nitrogens with zero attached hydrogens (tertiary/aromatic N) is 1. The van der Waals surface area contributed by atoms with Crippen molar-refractivity contribution < 1.29 is 48.9 Å². The molecule has 38 heavy (non-hydrogen) atoms. The zero-order valence-corrected chi connectivity index (χ0v) is 20.2. The zero-order chi connectivity index (χ0) is 28.8. The van der Waals surface area contributed by atoms with Crippen molar-refractivity contribution in [2.75, 3.05) is 0 Å². The van der Waals surface area contributed by atoms with E-state index in [4.69, 9.17) is 21.7 Å². The number of aromatic nitrogens is 2. The first kappa shape index (κ1) is 31.5. The van der Waals surface area contributed by atoms with Gasteiger partial charge in [-0.05, 0) is 19.3 Å². The SMILES string of the molecule is NC(=O)CCC(N)C(=O)NC(Cc1cnc[nH]1)C(=O)NC(CCC(=O)O)C(=O)NC(CCC(=O)O)C(=O)O. The number of aromatic amines is 1. The maximum absolute atomic E-state index is 13.1. The van der Waals surface area contributed by atoms with Gasteiger partial charge in [-0.25, -0.2) is 9.78 Å². The third-order valence-corrected chi connectivity index (χ3v) is 5.19. The lowest BCUT2D eigenvalue weighted by atomic mass is 10.1. The van der Waals surface area contributed by atoms with Crippen LogP contribution < -0.4 is 27.4 Å². The molecular weight excluding hydrogens is 510 g/mol. The van der Waals surface area contributed by atoms with Gasteiger partial charge in [0.2, 0.25) is 23.6 Å². The topological polar surface area (TPSA) is 297 Å². The minimum absolute atomic E-state index is 0.101. The molecule has 0 radical (unpaired) electrons. The Morgan fingerprint density at radius 3 is 1.82 bits per heavy atom. The van der Waals surface area contributed by atoms with Gasteiger partial charge in [-0.2, -0.15) is 0 Å². The van der Waals surface area contributed by atoms with Crippen LogP contribution in [0.1, 0.15) is 44.2 Å². The number of nitrogens with one attached hydrogen (secondary N) is 4. The van der Waals surface area contributed by atoms with Crippen LogP contribution in [-0.4, -0.2) is 91.0 Å². The predicted octanol–water partition coefficient (Wildman–Crippen LogP) is -3.19. The van der Waals surface area contributed by atoms with E-state index in [-0.39, 0.29) is 19.3 Å². The number of carbonyl (C=O) groups is 7. The molecule has 4 amide bonds. The van der Waals surface area contributed by atoms with Crippen molar-refractivity contribution in [1.82, 2.24) is 25.9 Å². The summed E-state index contributed by atoms with van der Waals surface area (Å²) < 4.78 is 0. The number of carboxylic acids is 3. The Kier molecular flexibility index (Phi) is 12.9. The van der Waals surface area contributed by atoms with Gasteiger partial charge in [0.15, 0.2) is 0 Å². The number of carbonyl (C=O) groups excluding carboxylic acids is 4. The molecule has 4 unspecified atom stereocenters. The lowest BCUT2D eigenvalue weighted by molar-refractivity contribution is -0.144. The first-order chi connectivity index (χ1) is 17.8. The summed E-state index contributed by atoms with van der Waals surface area (Å²) in [5.41, 5.74) is 11.2. The van der Waals surface area contributed by atoms with E-state index in [1.807, 2.05) is 0 Å². The molecule has 1 aromatic heterocycles. The fourth-order valence-corrected chi connectivity index (χ4v) is 3.14. The maximum atomic E-state index is 13.1. The average Bonchev–Trinajstić information content (AvgIpc) is 3.34. The van der Waals surface area contributed by atoms with Crippen molar-refractivity contribution in [2.24, 2.45) is 11.5 Å². The van der Waals surface area contributed by atoms with Crippen molar-refractivity contribution in [1.29, 1.82) is 0 Å². The fraction of sp³-hybridized carbons (Fsp3) is 0.524. The molecule has 0 fully saturated rings. The van der Waals surface area contributed by atoms with E-state index in [9.17, 15) is 38.7 Å². The van der Waals surface area contributed by atoms with E-state index in [2.05, 4.69) is 25.9 Å². The number of imidazole rings is 1. The van der Waals surface area contributed by atoms with Crippen LogP contribution in [0.15, 0.2) is 12.5 Å². The van der Waals surface area contributed by atoms with Gasteiger partial charge in [-0.3, -0.25) is 28.8 Å². The highest BCUT2D eigenvalue weighted by Gasteiger charge is 2.31. The minimum Gasteiger partial charge on any atom is -0.481 e. The van der Waals surface area contributed by atoms with Crippen LogP contribution in [0, 0.1) is 0 Å². The van der Waals surface area contributed by atoms with Gasteiger partial charge in [0, 0.05) is 37.6 Å². The Bertz CT molecular complexity index is 1010. The largest absolute Gasteiger partial charge is 0.481 e. The summed E-state index contributed by atoms with van der Waals surface area (Å²) >= 11 is 0. The maximum Gasteiger partial charge on any atom is 0.326 e. The van der Waals surface area contributed by atoms with Gasteiger partial charge >= 0.3 is 17.9 Å². The van der Waals surface area contributed by atoms with Crippen molar-refractivity contribution in [3.63, 3.8) is 0 Å². The molecular formula is C21H31N7O10. The molecule has 0 saturated carbocycles. The second kappa shape index (κ2) is 15.5. The Hall–Kier alpha value is -4.54. The molecule has 17 nitrogen and oxygen atoms in total. The summed E-state index contributed by atoms with van der Waals surface area (Å²) in [5.74, 6) is -7.63. The highest BCUT2D eigenvalue weighted by molar-refractivity contribution is 5.94. The molecule has 11 N–H and O–H groups in total. The molecule has 4 atom stereocenters. The monoisotopic (exact) mass is 541 g/mol. The van der Waals surface area contributed by atoms with Crippen molar-refractivity contribution >= 4 is 41.5 Å². The Morgan fingerprint density at radius 1 is 0.789 bits per heavy atom. The van der Waals surface area contributed by atoms with E-state index in [0.717, 1.165) is 0 Å². The summed E-state index contributed by atoms with van der Waals surface area (Å²) in [7, 11) is 0. The quantitative estimate of drug-likeness (QED) is 0.0888. The summed E-state index contributed by atoms with van der Waals surface area (Å²) in [6.07, 6.45) is 0.193. The second-order valence-corrected chi connectivity index (χ2v) is 8.28. The van der Waals surface area contributed by atoms with E-state index in [0.29, 0.717) is 5.69 Å². The smallest absolute Gasteiger partial charge is 0.326 e. The van der Waals surface area contributed by atoms with Gasteiger partial charge in [-0.1, -0.05) is 0 Å². The van der Waals surface area contributed by atoms with Crippen LogP contribution in [0.25, 0.3) is 0 Å². The van der Waals surface area contributed by atoms with Crippen LogP contribution in [0.2, 0.25) is 0 Å². The Balaban J connectivity index is 3.07. The molecule has 0 spiro atoms. The van der Waals surface area contributed by atoms with E-state index in [1.54, 1.807) is 0 Å². The number of hydrogen-bond acceptors (Lipinski definition) is 9. The lowest BCUT2D eigenvalue weighted by Gasteiger charge is -2.25. The summed E-state index contributed by atoms with van der Waals surface area (Å²) in [6, 6.07) is -5.71. The number of primary amides is 1. The van der Waals surface area contributed by atoms with Gasteiger partial charge in [0.25, 0.3) is 0 Å². The second-order valence-electron chi connectivity index (χ2n) is 8.28. The Morgan fingerprint density at radius 2 is 1.32 bits per heavy atom. The van der Waals surface area contributed by atoms with Gasteiger partial charge in [-0.15, -0.1) is 0 Å². The predicted molar refractivity (Wildman–Crippen MR) is 126 cm³/mol. The van der Waals surface area contributed by atoms with Crippen LogP contribution in [0.5, 0.6) is 0 Å². The lowest BCUT2D eigenvalue weighted by Crippen LogP contribution is -2.57. The molecule has 1 aromatic rings. The van der Waals surface area contributed by atoms with Crippen LogP contribution >= 0.6 is 0 Å². The molecule has 0 bridgehead atoms. The number of H-pyrrole nitrogens is 1. The molecule has 0 saturated heterocycles. The standard InChI is InChI=1S/C21H31N7O10/c22-11(1-4-15(23)29)18(34)28-14(7-10-8-24-9-25-10)20(36)26-12(2-5-16(30)31)19(35)27-13(21(37)38)3-6-17(32)33/h8-9,11-14H,1-7,22H2,(H2,23,29)(H,24,25)(H,26,36)(H,27,35)(H,28,34)(H,30,31)(H,32,33)(H,37,38). The number of amides is 4. The number of carboxylic acid groups (broad SMARTS) is 3. The Labute approximate surface area is 215 Å². The minimum atomic E-state index is -1.62. The van der Waals surface area contributed by atoms with Crippen molar-refractivity contribution in [3.8, 4) is 0 Å². The average molecular weight is 542 g/mol. The molecule has 1 heterocycles. The van der Waals surface area contributed by atoms with Crippen LogP contribution in [0.4, 0.5) is 0 Å². The van der Waals surface area contributed by atoms with Gasteiger partial charge in [0.05, 0.1) is 12.4 Å². The highest BCUT2D eigenvalue weighted by Crippen LogP contribution is 2.06. The molecule has 210 valence electrons. The summed E-state index contributed by atoms with van der Waals surface area (Å²) in [6.45, 7) is 0. The number of rotatable bonds is 18. The van der Waals surface area contributed by atoms with Crippen LogP contribution in [0.3, 0.4) is 0 Å². The zero-order valence-electron chi connectivity index (χ0n) is 20.2. The highest BCUT2D eigenvalue weighted by atomic mass is 16.4. The number of nitrogens with two attached hydrogens (primary N) is 2. The van der Waals surface area contributed by atoms with E-state index in [1.165, 1.54) is 12.5 Å². The number of aliphatic carboxylic acids is 3. The van der Waals surface area contributed by atoms with Gasteiger partial charge in [0.1, 0.15) is 18.1 Å².